The van der Waals surface area contributed by atoms with Gasteiger partial charge in [-0.15, -0.1) is 11.8 Å². The van der Waals surface area contributed by atoms with Gasteiger partial charge in [0.25, 0.3) is 0 Å². The molecule has 1 aliphatic carbocycles. The average molecular weight is 277 g/mol. The number of hydrogen-bond donors (Lipinski definition) is 1. The van der Waals surface area contributed by atoms with Crippen molar-refractivity contribution in [1.82, 2.24) is 5.32 Å². The van der Waals surface area contributed by atoms with Gasteiger partial charge in [0.15, 0.2) is 0 Å². The molecule has 2 rings (SSSR count). The number of hydrogen-bond acceptors (Lipinski definition) is 2. The molecule has 1 unspecified atom stereocenters. The van der Waals surface area contributed by atoms with Gasteiger partial charge in [0, 0.05) is 16.2 Å². The molecule has 1 aromatic carbocycles. The fourth-order valence-corrected chi connectivity index (χ4v) is 3.94. The lowest BCUT2D eigenvalue weighted by atomic mass is 10.0. The summed E-state index contributed by atoms with van der Waals surface area (Å²) >= 11 is 2.08. The van der Waals surface area contributed by atoms with Crippen molar-refractivity contribution >= 4 is 11.8 Å². The Morgan fingerprint density at radius 3 is 2.47 bits per heavy atom. The largest absolute Gasteiger partial charge is 0.310 e. The van der Waals surface area contributed by atoms with Crippen molar-refractivity contribution in [2.75, 3.05) is 6.54 Å². The first-order chi connectivity index (χ1) is 9.29. The molecule has 0 heterocycles. The molecule has 1 N–H and O–H groups in total. The smallest absolute Gasteiger partial charge is 0.0291 e. The fourth-order valence-electron chi connectivity index (χ4n) is 2.69. The molecule has 0 bridgehead atoms. The first-order valence-electron chi connectivity index (χ1n) is 7.79. The monoisotopic (exact) mass is 277 g/mol. The highest BCUT2D eigenvalue weighted by Gasteiger charge is 2.14. The second kappa shape index (κ2) is 7.96. The molecule has 1 atom stereocenters. The van der Waals surface area contributed by atoms with Crippen LogP contribution in [0.25, 0.3) is 0 Å². The molecular weight excluding hydrogens is 250 g/mol. The Bertz CT molecular complexity index is 354. The minimum absolute atomic E-state index is 0.466. The van der Waals surface area contributed by atoms with Crippen molar-refractivity contribution in [3.8, 4) is 0 Å². The maximum absolute atomic E-state index is 3.54. The SMILES string of the molecule is CCCNC(C)c1ccc(SC2CCCCC2)cc1. The van der Waals surface area contributed by atoms with Crippen LogP contribution in [0.5, 0.6) is 0 Å². The van der Waals surface area contributed by atoms with Crippen molar-refractivity contribution in [3.63, 3.8) is 0 Å². The van der Waals surface area contributed by atoms with Crippen LogP contribution in [0, 0.1) is 0 Å². The normalized spacial score (nSPS) is 18.4. The molecule has 0 radical (unpaired) electrons. The van der Waals surface area contributed by atoms with E-state index in [1.54, 1.807) is 0 Å². The Morgan fingerprint density at radius 1 is 1.16 bits per heavy atom. The molecular formula is C17H27NS. The van der Waals surface area contributed by atoms with Crippen LogP contribution in [0.1, 0.15) is 64.0 Å². The van der Waals surface area contributed by atoms with Gasteiger partial charge in [-0.3, -0.25) is 0 Å². The summed E-state index contributed by atoms with van der Waals surface area (Å²) in [6.45, 7) is 5.56. The molecule has 1 aliphatic rings. The molecule has 0 spiro atoms. The van der Waals surface area contributed by atoms with Crippen molar-refractivity contribution in [2.45, 2.75) is 68.6 Å². The maximum Gasteiger partial charge on any atom is 0.0291 e. The molecule has 0 aliphatic heterocycles. The summed E-state index contributed by atoms with van der Waals surface area (Å²) in [7, 11) is 0. The van der Waals surface area contributed by atoms with Gasteiger partial charge >= 0.3 is 0 Å². The summed E-state index contributed by atoms with van der Waals surface area (Å²) in [5.74, 6) is 0. The second-order valence-electron chi connectivity index (χ2n) is 5.62. The van der Waals surface area contributed by atoms with E-state index in [0.29, 0.717) is 6.04 Å². The molecule has 2 heteroatoms. The summed E-state index contributed by atoms with van der Waals surface area (Å²) < 4.78 is 0. The van der Waals surface area contributed by atoms with Crippen LogP contribution in [0.3, 0.4) is 0 Å². The molecule has 0 saturated heterocycles. The minimum atomic E-state index is 0.466. The van der Waals surface area contributed by atoms with Gasteiger partial charge < -0.3 is 5.32 Å². The fraction of sp³-hybridized carbons (Fsp3) is 0.647. The lowest BCUT2D eigenvalue weighted by molar-refractivity contribution is 0.516. The third-order valence-electron chi connectivity index (χ3n) is 3.94. The topological polar surface area (TPSA) is 12.0 Å². The molecule has 1 aromatic rings. The van der Waals surface area contributed by atoms with Crippen LogP contribution in [-0.4, -0.2) is 11.8 Å². The number of benzene rings is 1. The van der Waals surface area contributed by atoms with Crippen molar-refractivity contribution in [2.24, 2.45) is 0 Å². The van der Waals surface area contributed by atoms with Gasteiger partial charge in [-0.25, -0.2) is 0 Å². The summed E-state index contributed by atoms with van der Waals surface area (Å²) in [4.78, 5) is 1.44. The lowest BCUT2D eigenvalue weighted by Crippen LogP contribution is -2.19. The Kier molecular flexibility index (Phi) is 6.25. The number of nitrogens with one attached hydrogen (secondary N) is 1. The van der Waals surface area contributed by atoms with Gasteiger partial charge in [-0.2, -0.15) is 0 Å². The van der Waals surface area contributed by atoms with E-state index in [-0.39, 0.29) is 0 Å². The van der Waals surface area contributed by atoms with Gasteiger partial charge in [-0.05, 0) is 50.4 Å². The Balaban J connectivity index is 1.86. The van der Waals surface area contributed by atoms with Gasteiger partial charge in [0.2, 0.25) is 0 Å². The van der Waals surface area contributed by atoms with E-state index in [9.17, 15) is 0 Å². The zero-order valence-corrected chi connectivity index (χ0v) is 13.1. The van der Waals surface area contributed by atoms with E-state index in [0.717, 1.165) is 11.8 Å². The van der Waals surface area contributed by atoms with E-state index in [1.165, 1.54) is 49.0 Å². The van der Waals surface area contributed by atoms with Crippen LogP contribution in [0.4, 0.5) is 0 Å². The highest BCUT2D eigenvalue weighted by Crippen LogP contribution is 2.33. The summed E-state index contributed by atoms with van der Waals surface area (Å²) in [6, 6.07) is 9.66. The van der Waals surface area contributed by atoms with Gasteiger partial charge in [0.05, 0.1) is 0 Å². The Labute approximate surface area is 122 Å². The standard InChI is InChI=1S/C17H27NS/c1-3-13-18-14(2)15-9-11-17(12-10-15)19-16-7-5-4-6-8-16/h9-12,14,16,18H,3-8,13H2,1-2H3. The van der Waals surface area contributed by atoms with E-state index in [1.807, 2.05) is 0 Å². The van der Waals surface area contributed by atoms with Crippen LogP contribution in [0.15, 0.2) is 29.2 Å². The molecule has 106 valence electrons. The second-order valence-corrected chi connectivity index (χ2v) is 7.00. The highest BCUT2D eigenvalue weighted by atomic mass is 32.2. The highest BCUT2D eigenvalue weighted by molar-refractivity contribution is 8.00. The van der Waals surface area contributed by atoms with Crippen molar-refractivity contribution < 1.29 is 0 Å². The molecule has 1 saturated carbocycles. The van der Waals surface area contributed by atoms with Crippen LogP contribution < -0.4 is 5.32 Å². The Hall–Kier alpha value is -0.470. The van der Waals surface area contributed by atoms with E-state index < -0.39 is 0 Å². The Morgan fingerprint density at radius 2 is 1.84 bits per heavy atom. The van der Waals surface area contributed by atoms with Crippen LogP contribution in [-0.2, 0) is 0 Å². The van der Waals surface area contributed by atoms with Gasteiger partial charge in [-0.1, -0.05) is 38.3 Å². The maximum atomic E-state index is 3.54. The summed E-state index contributed by atoms with van der Waals surface area (Å²) in [5, 5.41) is 4.40. The zero-order valence-electron chi connectivity index (χ0n) is 12.3. The van der Waals surface area contributed by atoms with Crippen molar-refractivity contribution in [1.29, 1.82) is 0 Å². The molecule has 1 fully saturated rings. The lowest BCUT2D eigenvalue weighted by Gasteiger charge is -2.21. The number of rotatable bonds is 6. The molecule has 0 aromatic heterocycles. The predicted octanol–water partition coefficient (Wildman–Crippen LogP) is 5.17. The average Bonchev–Trinajstić information content (AvgIpc) is 2.46. The predicted molar refractivity (Wildman–Crippen MR) is 85.9 cm³/mol. The minimum Gasteiger partial charge on any atom is -0.310 e. The molecule has 0 amide bonds. The third-order valence-corrected chi connectivity index (χ3v) is 5.28. The molecule has 1 nitrogen and oxygen atoms in total. The van der Waals surface area contributed by atoms with E-state index in [4.69, 9.17) is 0 Å². The van der Waals surface area contributed by atoms with Crippen LogP contribution in [0.2, 0.25) is 0 Å². The zero-order chi connectivity index (χ0) is 13.5. The van der Waals surface area contributed by atoms with E-state index >= 15 is 0 Å². The third kappa shape index (κ3) is 4.85. The van der Waals surface area contributed by atoms with Gasteiger partial charge in [0.1, 0.15) is 0 Å². The number of thioether (sulfide) groups is 1. The molecule has 19 heavy (non-hydrogen) atoms. The quantitative estimate of drug-likeness (QED) is 0.769. The summed E-state index contributed by atoms with van der Waals surface area (Å²) in [6.07, 6.45) is 8.29. The first-order valence-corrected chi connectivity index (χ1v) is 8.67. The van der Waals surface area contributed by atoms with E-state index in [2.05, 4.69) is 55.2 Å². The first kappa shape index (κ1) is 14.9. The summed E-state index contributed by atoms with van der Waals surface area (Å²) in [5.41, 5.74) is 1.40. The van der Waals surface area contributed by atoms with Crippen LogP contribution >= 0.6 is 11.8 Å². The van der Waals surface area contributed by atoms with Crippen molar-refractivity contribution in [3.05, 3.63) is 29.8 Å².